The van der Waals surface area contributed by atoms with Crippen molar-refractivity contribution in [1.82, 2.24) is 19.7 Å². The number of nitrogens with zero attached hydrogens (tertiary/aromatic N) is 2. The number of rotatable bonds is 2. The largest absolute Gasteiger partial charge is 0.355 e. The zero-order chi connectivity index (χ0) is 15.1. The quantitative estimate of drug-likeness (QED) is 0.747. The summed E-state index contributed by atoms with van der Waals surface area (Å²) in [5, 5.41) is 2.85. The van der Waals surface area contributed by atoms with Crippen molar-refractivity contribution in [3.8, 4) is 11.3 Å². The summed E-state index contributed by atoms with van der Waals surface area (Å²) in [6, 6.07) is 8.07. The molecule has 1 saturated heterocycles. The van der Waals surface area contributed by atoms with Gasteiger partial charge in [0.05, 0.1) is 11.9 Å². The first-order valence-corrected chi connectivity index (χ1v) is 7.14. The number of aromatic amines is 1. The van der Waals surface area contributed by atoms with E-state index in [-0.39, 0.29) is 17.4 Å². The smallest absolute Gasteiger partial charge is 0.291 e. The third-order valence-corrected chi connectivity index (χ3v) is 4.09. The van der Waals surface area contributed by atoms with Crippen molar-refractivity contribution in [2.24, 2.45) is 0 Å². The van der Waals surface area contributed by atoms with Gasteiger partial charge >= 0.3 is 0 Å². The van der Waals surface area contributed by atoms with Crippen molar-refractivity contribution in [2.75, 3.05) is 6.54 Å². The molecule has 6 nitrogen and oxygen atoms in total. The van der Waals surface area contributed by atoms with E-state index in [4.69, 9.17) is 0 Å². The van der Waals surface area contributed by atoms with E-state index in [0.29, 0.717) is 18.6 Å². The molecule has 1 amide bonds. The highest BCUT2D eigenvalue weighted by Gasteiger charge is 2.22. The van der Waals surface area contributed by atoms with Gasteiger partial charge in [-0.15, -0.1) is 0 Å². The zero-order valence-electron chi connectivity index (χ0n) is 11.7. The van der Waals surface area contributed by atoms with Gasteiger partial charge in [-0.05, 0) is 5.56 Å². The minimum Gasteiger partial charge on any atom is -0.355 e. The molecule has 1 unspecified atom stereocenters. The van der Waals surface area contributed by atoms with Crippen molar-refractivity contribution in [1.29, 1.82) is 0 Å². The Morgan fingerprint density at radius 2 is 2.00 bits per heavy atom. The fraction of sp³-hybridized carbons (Fsp3) is 0.188. The van der Waals surface area contributed by atoms with Gasteiger partial charge in [0.2, 0.25) is 11.6 Å². The van der Waals surface area contributed by atoms with E-state index in [1.54, 1.807) is 23.0 Å². The van der Waals surface area contributed by atoms with Crippen LogP contribution in [0.2, 0.25) is 0 Å². The summed E-state index contributed by atoms with van der Waals surface area (Å²) < 4.78 is 1.77. The summed E-state index contributed by atoms with van der Waals surface area (Å²) in [6.07, 6.45) is 5.63. The highest BCUT2D eigenvalue weighted by Crippen LogP contribution is 2.26. The molecule has 3 heterocycles. The number of H-pyrrole nitrogens is 1. The minimum absolute atomic E-state index is 0.107. The molecule has 2 N–H and O–H groups in total. The van der Waals surface area contributed by atoms with Crippen LogP contribution < -0.4 is 10.9 Å². The third-order valence-electron chi connectivity index (χ3n) is 4.09. The predicted octanol–water partition coefficient (Wildman–Crippen LogP) is 1.29. The number of nitrogens with one attached hydrogen (secondary N) is 2. The lowest BCUT2D eigenvalue weighted by atomic mass is 9.97. The fourth-order valence-electron chi connectivity index (χ4n) is 2.91. The second-order valence-corrected chi connectivity index (χ2v) is 5.45. The number of imidazole rings is 1. The second kappa shape index (κ2) is 4.84. The average molecular weight is 294 g/mol. The monoisotopic (exact) mass is 294 g/mol. The number of carbonyl (C=O) groups is 1. The number of aromatic nitrogens is 3. The highest BCUT2D eigenvalue weighted by molar-refractivity contribution is 5.79. The summed E-state index contributed by atoms with van der Waals surface area (Å²) in [7, 11) is 0. The Hall–Kier alpha value is -2.89. The lowest BCUT2D eigenvalue weighted by Crippen LogP contribution is -2.13. The molecule has 0 spiro atoms. The fourth-order valence-corrected chi connectivity index (χ4v) is 2.91. The third kappa shape index (κ3) is 2.00. The molecule has 4 rings (SSSR count). The Bertz CT molecular complexity index is 908. The van der Waals surface area contributed by atoms with E-state index in [1.807, 2.05) is 24.3 Å². The van der Waals surface area contributed by atoms with Crippen molar-refractivity contribution in [3.63, 3.8) is 0 Å². The molecule has 3 aromatic rings. The van der Waals surface area contributed by atoms with Gasteiger partial charge in [0.1, 0.15) is 0 Å². The SMILES string of the molecule is O=C1CC(c2ccc(-c3cnc4c(=O)[nH]ccn34)cc2)CN1. The van der Waals surface area contributed by atoms with Crippen molar-refractivity contribution < 1.29 is 4.79 Å². The Kier molecular flexibility index (Phi) is 2.82. The maximum absolute atomic E-state index is 11.7. The number of amides is 1. The summed E-state index contributed by atoms with van der Waals surface area (Å²) in [6.45, 7) is 0.698. The Balaban J connectivity index is 1.72. The van der Waals surface area contributed by atoms with Crippen LogP contribution in [0, 0.1) is 0 Å². The number of carbonyl (C=O) groups excluding carboxylic acids is 1. The Morgan fingerprint density at radius 1 is 1.18 bits per heavy atom. The standard InChI is InChI=1S/C16H14N4O2/c21-14-7-12(8-18-14)10-1-3-11(4-2-10)13-9-19-15-16(22)17-5-6-20(13)15/h1-6,9,12H,7-8H2,(H,17,22)(H,18,21). The van der Waals surface area contributed by atoms with Gasteiger partial charge in [-0.1, -0.05) is 24.3 Å². The molecule has 110 valence electrons. The van der Waals surface area contributed by atoms with Gasteiger partial charge in [0.25, 0.3) is 5.56 Å². The first-order chi connectivity index (χ1) is 10.7. The van der Waals surface area contributed by atoms with Crippen LogP contribution in [0.15, 0.2) is 47.7 Å². The van der Waals surface area contributed by atoms with Crippen molar-refractivity contribution in [2.45, 2.75) is 12.3 Å². The Labute approximate surface area is 125 Å². The Morgan fingerprint density at radius 3 is 2.73 bits per heavy atom. The molecule has 1 atom stereocenters. The molecule has 2 aromatic heterocycles. The van der Waals surface area contributed by atoms with Crippen LogP contribution in [0.1, 0.15) is 17.9 Å². The average Bonchev–Trinajstić information content (AvgIpc) is 3.15. The van der Waals surface area contributed by atoms with Gasteiger partial charge in [-0.25, -0.2) is 4.98 Å². The molecule has 0 saturated carbocycles. The maximum Gasteiger partial charge on any atom is 0.291 e. The van der Waals surface area contributed by atoms with Crippen LogP contribution in [0.25, 0.3) is 16.9 Å². The van der Waals surface area contributed by atoms with E-state index < -0.39 is 0 Å². The van der Waals surface area contributed by atoms with E-state index in [0.717, 1.165) is 16.8 Å². The first-order valence-electron chi connectivity index (χ1n) is 7.14. The number of hydrogen-bond donors (Lipinski definition) is 2. The van der Waals surface area contributed by atoms with Crippen LogP contribution in [0.4, 0.5) is 0 Å². The van der Waals surface area contributed by atoms with Crippen molar-refractivity contribution >= 4 is 11.6 Å². The highest BCUT2D eigenvalue weighted by atomic mass is 16.2. The molecule has 1 aliphatic heterocycles. The van der Waals surface area contributed by atoms with Crippen LogP contribution in [-0.4, -0.2) is 26.8 Å². The molecule has 22 heavy (non-hydrogen) atoms. The van der Waals surface area contributed by atoms with E-state index in [2.05, 4.69) is 15.3 Å². The molecular formula is C16H14N4O2. The molecular weight excluding hydrogens is 280 g/mol. The normalized spacial score (nSPS) is 17.8. The second-order valence-electron chi connectivity index (χ2n) is 5.45. The van der Waals surface area contributed by atoms with Gasteiger partial charge in [-0.2, -0.15) is 0 Å². The van der Waals surface area contributed by atoms with E-state index in [9.17, 15) is 9.59 Å². The first kappa shape index (κ1) is 12.8. The molecule has 0 bridgehead atoms. The summed E-state index contributed by atoms with van der Waals surface area (Å²) in [5.74, 6) is 0.349. The van der Waals surface area contributed by atoms with Gasteiger partial charge in [0.15, 0.2) is 0 Å². The van der Waals surface area contributed by atoms with Gasteiger partial charge in [-0.3, -0.25) is 14.0 Å². The van der Waals surface area contributed by atoms with Crippen LogP contribution in [-0.2, 0) is 4.79 Å². The minimum atomic E-state index is -0.207. The summed E-state index contributed by atoms with van der Waals surface area (Å²) in [5.41, 5.74) is 3.18. The summed E-state index contributed by atoms with van der Waals surface area (Å²) >= 11 is 0. The molecule has 1 aliphatic rings. The lowest BCUT2D eigenvalue weighted by molar-refractivity contribution is -0.119. The predicted molar refractivity (Wildman–Crippen MR) is 81.6 cm³/mol. The van der Waals surface area contributed by atoms with E-state index >= 15 is 0 Å². The molecule has 0 aliphatic carbocycles. The number of fused-ring (bicyclic) bond motifs is 1. The van der Waals surface area contributed by atoms with Crippen molar-refractivity contribution in [3.05, 3.63) is 58.8 Å². The molecule has 6 heteroatoms. The lowest BCUT2D eigenvalue weighted by Gasteiger charge is -2.08. The van der Waals surface area contributed by atoms with Crippen LogP contribution >= 0.6 is 0 Å². The summed E-state index contributed by atoms with van der Waals surface area (Å²) in [4.78, 5) is 29.8. The topological polar surface area (TPSA) is 79.3 Å². The van der Waals surface area contributed by atoms with E-state index in [1.165, 1.54) is 0 Å². The molecule has 0 radical (unpaired) electrons. The molecule has 1 aromatic carbocycles. The number of hydrogen-bond acceptors (Lipinski definition) is 3. The van der Waals surface area contributed by atoms with Crippen LogP contribution in [0.5, 0.6) is 0 Å². The van der Waals surface area contributed by atoms with Gasteiger partial charge in [0, 0.05) is 36.8 Å². The maximum atomic E-state index is 11.7. The number of benzene rings is 1. The zero-order valence-corrected chi connectivity index (χ0v) is 11.7. The van der Waals surface area contributed by atoms with Gasteiger partial charge < -0.3 is 10.3 Å². The molecule has 1 fully saturated rings. The van der Waals surface area contributed by atoms with Crippen LogP contribution in [0.3, 0.4) is 0 Å².